The molecule has 0 aliphatic heterocycles. The van der Waals surface area contributed by atoms with Gasteiger partial charge in [-0.3, -0.25) is 0 Å². The van der Waals surface area contributed by atoms with E-state index in [2.05, 4.69) is 4.72 Å². The van der Waals surface area contributed by atoms with Gasteiger partial charge in [0.1, 0.15) is 0 Å². The summed E-state index contributed by atoms with van der Waals surface area (Å²) in [6.45, 7) is 9.48. The molecule has 0 radical (unpaired) electrons. The Kier molecular flexibility index (Phi) is 10.3. The van der Waals surface area contributed by atoms with E-state index in [-0.39, 0.29) is 30.1 Å². The van der Waals surface area contributed by atoms with Gasteiger partial charge in [-0.1, -0.05) is 45.4 Å². The van der Waals surface area contributed by atoms with Crippen LogP contribution < -0.4 is 10.5 Å². The van der Waals surface area contributed by atoms with Gasteiger partial charge in [0.05, 0.1) is 18.1 Å². The van der Waals surface area contributed by atoms with E-state index in [1.165, 1.54) is 0 Å². The van der Waals surface area contributed by atoms with Gasteiger partial charge in [0.2, 0.25) is 10.0 Å². The van der Waals surface area contributed by atoms with Crippen molar-refractivity contribution in [2.24, 2.45) is 17.6 Å². The minimum absolute atomic E-state index is 0.0417. The first-order valence-corrected chi connectivity index (χ1v) is 9.59. The van der Waals surface area contributed by atoms with E-state index in [1.807, 2.05) is 34.6 Å². The molecule has 2 atom stereocenters. The minimum Gasteiger partial charge on any atom is -0.395 e. The molecule has 140 valence electrons. The third kappa shape index (κ3) is 8.21. The van der Waals surface area contributed by atoms with Gasteiger partial charge in [-0.15, -0.1) is 0 Å². The van der Waals surface area contributed by atoms with Crippen molar-refractivity contribution < 1.29 is 18.6 Å². The summed E-state index contributed by atoms with van der Waals surface area (Å²) in [5.74, 6) is 0.435. The first-order chi connectivity index (χ1) is 11.0. The van der Waals surface area contributed by atoms with Crippen LogP contribution in [0.1, 0.15) is 33.3 Å². The topological polar surface area (TPSA) is 113 Å². The van der Waals surface area contributed by atoms with Gasteiger partial charge < -0.3 is 15.9 Å². The number of nitrogens with two attached hydrogens (primary N) is 1. The first kappa shape index (κ1) is 23.0. The predicted octanol–water partition coefficient (Wildman–Crippen LogP) is 1.25. The van der Waals surface area contributed by atoms with Crippen molar-refractivity contribution in [1.82, 2.24) is 4.72 Å². The van der Waals surface area contributed by atoms with Crippen molar-refractivity contribution in [3.8, 4) is 0 Å². The SMILES string of the molecule is CC(C)[C@@H](N)CO.Cc1ccc(S(=O)(=O)N[C@@H](CO)C(C)C)cc1. The zero-order valence-electron chi connectivity index (χ0n) is 15.2. The van der Waals surface area contributed by atoms with E-state index in [4.69, 9.17) is 15.9 Å². The van der Waals surface area contributed by atoms with Gasteiger partial charge in [-0.05, 0) is 30.9 Å². The van der Waals surface area contributed by atoms with Crippen LogP contribution in [0.5, 0.6) is 0 Å². The van der Waals surface area contributed by atoms with Gasteiger partial charge in [-0.2, -0.15) is 0 Å². The largest absolute Gasteiger partial charge is 0.395 e. The number of sulfonamides is 1. The number of aliphatic hydroxyl groups excluding tert-OH is 2. The molecule has 0 heterocycles. The zero-order valence-corrected chi connectivity index (χ0v) is 16.0. The van der Waals surface area contributed by atoms with Crippen molar-refractivity contribution >= 4 is 10.0 Å². The Hall–Kier alpha value is -0.990. The van der Waals surface area contributed by atoms with Crippen LogP contribution in [-0.2, 0) is 10.0 Å². The Morgan fingerprint density at radius 3 is 1.79 bits per heavy atom. The number of benzene rings is 1. The number of aryl methyl sites for hydroxylation is 1. The second-order valence-corrected chi connectivity index (χ2v) is 8.27. The summed E-state index contributed by atoms with van der Waals surface area (Å²) >= 11 is 0. The van der Waals surface area contributed by atoms with Crippen LogP contribution in [0.15, 0.2) is 29.2 Å². The molecule has 0 aliphatic carbocycles. The smallest absolute Gasteiger partial charge is 0.240 e. The molecule has 0 saturated carbocycles. The summed E-state index contributed by atoms with van der Waals surface area (Å²) in [5.41, 5.74) is 6.37. The van der Waals surface area contributed by atoms with E-state index in [1.54, 1.807) is 24.3 Å². The highest BCUT2D eigenvalue weighted by molar-refractivity contribution is 7.89. The van der Waals surface area contributed by atoms with Gasteiger partial charge in [0.25, 0.3) is 0 Å². The highest BCUT2D eigenvalue weighted by atomic mass is 32.2. The Bertz CT molecular complexity index is 556. The molecule has 0 fully saturated rings. The van der Waals surface area contributed by atoms with Crippen molar-refractivity contribution in [3.63, 3.8) is 0 Å². The lowest BCUT2D eigenvalue weighted by Crippen LogP contribution is -2.41. The number of nitrogens with one attached hydrogen (secondary N) is 1. The number of rotatable bonds is 7. The molecule has 1 aromatic carbocycles. The summed E-state index contributed by atoms with van der Waals surface area (Å²) in [4.78, 5) is 0.224. The lowest BCUT2D eigenvalue weighted by molar-refractivity contribution is 0.227. The fourth-order valence-electron chi connectivity index (χ4n) is 1.58. The summed E-state index contributed by atoms with van der Waals surface area (Å²) < 4.78 is 26.5. The predicted molar refractivity (Wildman–Crippen MR) is 97.1 cm³/mol. The maximum Gasteiger partial charge on any atom is 0.240 e. The van der Waals surface area contributed by atoms with Crippen LogP contribution in [0, 0.1) is 18.8 Å². The van der Waals surface area contributed by atoms with Crippen LogP contribution in [0.3, 0.4) is 0 Å². The van der Waals surface area contributed by atoms with Crippen molar-refractivity contribution in [1.29, 1.82) is 0 Å². The monoisotopic (exact) mass is 360 g/mol. The Balaban J connectivity index is 0.000000640. The number of hydrogen-bond donors (Lipinski definition) is 4. The first-order valence-electron chi connectivity index (χ1n) is 8.11. The van der Waals surface area contributed by atoms with Crippen LogP contribution >= 0.6 is 0 Å². The molecule has 7 heteroatoms. The van der Waals surface area contributed by atoms with Crippen LogP contribution in [-0.4, -0.2) is 43.9 Å². The molecule has 0 aliphatic rings. The fourth-order valence-corrected chi connectivity index (χ4v) is 2.96. The van der Waals surface area contributed by atoms with Gasteiger partial charge in [0.15, 0.2) is 0 Å². The van der Waals surface area contributed by atoms with E-state index in [0.717, 1.165) is 5.56 Å². The summed E-state index contributed by atoms with van der Waals surface area (Å²) in [6, 6.07) is 6.12. The van der Waals surface area contributed by atoms with Gasteiger partial charge in [-0.25, -0.2) is 13.1 Å². The lowest BCUT2D eigenvalue weighted by Gasteiger charge is -2.19. The molecule has 24 heavy (non-hydrogen) atoms. The average molecular weight is 361 g/mol. The highest BCUT2D eigenvalue weighted by Gasteiger charge is 2.21. The number of aliphatic hydroxyl groups is 2. The molecule has 0 bridgehead atoms. The van der Waals surface area contributed by atoms with E-state index < -0.39 is 16.1 Å². The van der Waals surface area contributed by atoms with Crippen LogP contribution in [0.25, 0.3) is 0 Å². The Labute approximate surface area is 146 Å². The summed E-state index contributed by atoms with van der Waals surface area (Å²) in [5, 5.41) is 17.5. The molecule has 0 amide bonds. The quantitative estimate of drug-likeness (QED) is 0.584. The molecule has 6 nitrogen and oxygen atoms in total. The molecule has 1 aromatic rings. The Morgan fingerprint density at radius 1 is 1.00 bits per heavy atom. The molecular formula is C17H32N2O4S. The molecular weight excluding hydrogens is 328 g/mol. The zero-order chi connectivity index (χ0) is 18.9. The maximum atomic E-state index is 12.0. The van der Waals surface area contributed by atoms with Crippen molar-refractivity contribution in [3.05, 3.63) is 29.8 Å². The molecule has 0 spiro atoms. The van der Waals surface area contributed by atoms with E-state index >= 15 is 0 Å². The maximum absolute atomic E-state index is 12.0. The van der Waals surface area contributed by atoms with E-state index in [9.17, 15) is 8.42 Å². The van der Waals surface area contributed by atoms with Crippen molar-refractivity contribution in [2.75, 3.05) is 13.2 Å². The van der Waals surface area contributed by atoms with Crippen LogP contribution in [0.2, 0.25) is 0 Å². The summed E-state index contributed by atoms with van der Waals surface area (Å²) in [7, 11) is -3.54. The molecule has 0 aromatic heterocycles. The third-order valence-electron chi connectivity index (χ3n) is 3.71. The molecule has 1 rings (SSSR count). The van der Waals surface area contributed by atoms with E-state index in [0.29, 0.717) is 5.92 Å². The Morgan fingerprint density at radius 2 is 1.50 bits per heavy atom. The standard InChI is InChI=1S/C12H19NO3S.C5H13NO/c1-9(2)12(8-14)13-17(15,16)11-6-4-10(3)5-7-11;1-4(2)5(6)3-7/h4-7,9,12-14H,8H2,1-3H3;4-5,7H,3,6H2,1-2H3/t12-;5-/m00/s1. The molecule has 5 N–H and O–H groups in total. The lowest BCUT2D eigenvalue weighted by atomic mass is 10.1. The normalized spacial score (nSPS) is 14.2. The fraction of sp³-hybridized carbons (Fsp3) is 0.647. The second kappa shape index (κ2) is 10.8. The number of hydrogen-bond acceptors (Lipinski definition) is 5. The average Bonchev–Trinajstić information content (AvgIpc) is 2.52. The molecule has 0 saturated heterocycles. The van der Waals surface area contributed by atoms with Crippen molar-refractivity contribution in [2.45, 2.75) is 51.6 Å². The summed E-state index contributed by atoms with van der Waals surface area (Å²) in [6.07, 6.45) is 0. The minimum atomic E-state index is -3.54. The highest BCUT2D eigenvalue weighted by Crippen LogP contribution is 2.12. The van der Waals surface area contributed by atoms with Crippen LogP contribution in [0.4, 0.5) is 0 Å². The third-order valence-corrected chi connectivity index (χ3v) is 5.21. The van der Waals surface area contributed by atoms with Gasteiger partial charge in [0, 0.05) is 12.1 Å². The molecule has 0 unspecified atom stereocenters. The second-order valence-electron chi connectivity index (χ2n) is 6.56. The van der Waals surface area contributed by atoms with Gasteiger partial charge >= 0.3 is 0 Å².